The summed E-state index contributed by atoms with van der Waals surface area (Å²) in [4.78, 5) is 11.4. The van der Waals surface area contributed by atoms with Crippen molar-refractivity contribution in [2.45, 2.75) is 57.8 Å². The fourth-order valence-electron chi connectivity index (χ4n) is 4.41. The van der Waals surface area contributed by atoms with Crippen LogP contribution in [0.4, 0.5) is 0 Å². The molecule has 4 atom stereocenters. The highest BCUT2D eigenvalue weighted by molar-refractivity contribution is 5.79. The first-order valence-corrected chi connectivity index (χ1v) is 6.83. The maximum atomic E-state index is 11.4. The second-order valence-electron chi connectivity index (χ2n) is 6.17. The quantitative estimate of drug-likeness (QED) is 0.675. The summed E-state index contributed by atoms with van der Waals surface area (Å²) in [6, 6.07) is 0. The molecule has 1 nitrogen and oxygen atoms in total. The van der Waals surface area contributed by atoms with Crippen molar-refractivity contribution in [3.8, 4) is 0 Å². The van der Waals surface area contributed by atoms with E-state index in [1.54, 1.807) is 0 Å². The first kappa shape index (κ1) is 9.86. The molecule has 84 valence electrons. The van der Waals surface area contributed by atoms with Gasteiger partial charge in [-0.05, 0) is 62.2 Å². The van der Waals surface area contributed by atoms with Crippen molar-refractivity contribution in [1.29, 1.82) is 0 Å². The van der Waals surface area contributed by atoms with Gasteiger partial charge in [0.05, 0.1) is 0 Å². The van der Waals surface area contributed by atoms with Crippen LogP contribution in [0.2, 0.25) is 0 Å². The molecule has 15 heavy (non-hydrogen) atoms. The van der Waals surface area contributed by atoms with E-state index >= 15 is 0 Å². The van der Waals surface area contributed by atoms with E-state index in [0.717, 1.165) is 36.5 Å². The van der Waals surface area contributed by atoms with Crippen LogP contribution in [0.25, 0.3) is 0 Å². The van der Waals surface area contributed by atoms with Gasteiger partial charge in [0, 0.05) is 12.8 Å². The molecule has 4 unspecified atom stereocenters. The number of fused-ring (bicyclic) bond motifs is 2. The minimum atomic E-state index is 0.536. The molecule has 0 heterocycles. The molecule has 1 heteroatoms. The van der Waals surface area contributed by atoms with Gasteiger partial charge >= 0.3 is 0 Å². The molecule has 0 saturated heterocycles. The number of carbonyl (C=O) groups excluding carboxylic acids is 1. The monoisotopic (exact) mass is 206 g/mol. The second kappa shape index (κ2) is 3.92. The summed E-state index contributed by atoms with van der Waals surface area (Å²) in [6.07, 6.45) is 11.7. The molecule has 0 aromatic carbocycles. The van der Waals surface area contributed by atoms with Gasteiger partial charge in [-0.3, -0.25) is 4.79 Å². The maximum absolute atomic E-state index is 11.4. The number of ketones is 1. The molecule has 0 aromatic rings. The Bertz CT molecular complexity index is 258. The lowest BCUT2D eigenvalue weighted by atomic mass is 9.77. The van der Waals surface area contributed by atoms with Gasteiger partial charge in [0.15, 0.2) is 0 Å². The lowest BCUT2D eigenvalue weighted by Gasteiger charge is -2.28. The van der Waals surface area contributed by atoms with Gasteiger partial charge in [-0.25, -0.2) is 0 Å². The van der Waals surface area contributed by atoms with Crippen molar-refractivity contribution < 1.29 is 4.79 Å². The van der Waals surface area contributed by atoms with Crippen molar-refractivity contribution in [2.24, 2.45) is 23.7 Å². The third-order valence-electron chi connectivity index (χ3n) is 5.10. The number of hydrogen-bond acceptors (Lipinski definition) is 1. The Morgan fingerprint density at radius 2 is 2.07 bits per heavy atom. The second-order valence-corrected chi connectivity index (χ2v) is 6.17. The summed E-state index contributed by atoms with van der Waals surface area (Å²) in [5.74, 6) is 4.41. The van der Waals surface area contributed by atoms with Gasteiger partial charge in [0.2, 0.25) is 0 Å². The standard InChI is InChI=1S/C14H22O/c15-14-3-1-2-10(9-14)7-13-8-11-4-5-12(13)6-11/h10-13H,1-9H2. The normalized spacial score (nSPS) is 44.9. The topological polar surface area (TPSA) is 17.1 Å². The van der Waals surface area contributed by atoms with E-state index in [9.17, 15) is 4.79 Å². The lowest BCUT2D eigenvalue weighted by molar-refractivity contribution is -0.121. The molecule has 3 aliphatic carbocycles. The molecule has 0 spiro atoms. The molecule has 0 N–H and O–H groups in total. The maximum Gasteiger partial charge on any atom is 0.133 e. The Hall–Kier alpha value is -0.330. The Kier molecular flexibility index (Phi) is 2.58. The average Bonchev–Trinajstić information content (AvgIpc) is 2.79. The molecule has 0 aliphatic heterocycles. The summed E-state index contributed by atoms with van der Waals surface area (Å²) < 4.78 is 0. The molecule has 0 amide bonds. The van der Waals surface area contributed by atoms with Crippen LogP contribution in [0.1, 0.15) is 57.8 Å². The molecular weight excluding hydrogens is 184 g/mol. The van der Waals surface area contributed by atoms with E-state index in [-0.39, 0.29) is 0 Å². The van der Waals surface area contributed by atoms with Crippen LogP contribution >= 0.6 is 0 Å². The van der Waals surface area contributed by atoms with E-state index in [4.69, 9.17) is 0 Å². The Labute approximate surface area is 92.6 Å². The van der Waals surface area contributed by atoms with Gasteiger partial charge in [-0.15, -0.1) is 0 Å². The Morgan fingerprint density at radius 1 is 1.13 bits per heavy atom. The minimum absolute atomic E-state index is 0.536. The van der Waals surface area contributed by atoms with Crippen LogP contribution in [-0.2, 0) is 4.79 Å². The Morgan fingerprint density at radius 3 is 2.73 bits per heavy atom. The minimum Gasteiger partial charge on any atom is -0.300 e. The third-order valence-corrected chi connectivity index (χ3v) is 5.10. The van der Waals surface area contributed by atoms with Gasteiger partial charge in [-0.2, -0.15) is 0 Å². The lowest BCUT2D eigenvalue weighted by Crippen LogP contribution is -2.20. The van der Waals surface area contributed by atoms with E-state index in [1.165, 1.54) is 44.9 Å². The smallest absolute Gasteiger partial charge is 0.133 e. The summed E-state index contributed by atoms with van der Waals surface area (Å²) in [5, 5.41) is 0. The number of rotatable bonds is 2. The van der Waals surface area contributed by atoms with E-state index < -0.39 is 0 Å². The van der Waals surface area contributed by atoms with Gasteiger partial charge in [0.25, 0.3) is 0 Å². The van der Waals surface area contributed by atoms with Gasteiger partial charge in [0.1, 0.15) is 5.78 Å². The molecule has 3 fully saturated rings. The van der Waals surface area contributed by atoms with E-state index in [2.05, 4.69) is 0 Å². The van der Waals surface area contributed by atoms with Gasteiger partial charge < -0.3 is 0 Å². The van der Waals surface area contributed by atoms with Crippen LogP contribution < -0.4 is 0 Å². The summed E-state index contributed by atoms with van der Waals surface area (Å²) in [7, 11) is 0. The zero-order valence-corrected chi connectivity index (χ0v) is 9.58. The van der Waals surface area contributed by atoms with Crippen molar-refractivity contribution in [3.63, 3.8) is 0 Å². The largest absolute Gasteiger partial charge is 0.300 e. The summed E-state index contributed by atoms with van der Waals surface area (Å²) >= 11 is 0. The molecule has 0 aromatic heterocycles. The SMILES string of the molecule is O=C1CCCC(CC2CC3CCC2C3)C1. The zero-order chi connectivity index (χ0) is 10.3. The molecule has 3 rings (SSSR count). The first-order chi connectivity index (χ1) is 7.31. The van der Waals surface area contributed by atoms with Crippen LogP contribution in [0.15, 0.2) is 0 Å². The van der Waals surface area contributed by atoms with E-state index in [1.807, 2.05) is 0 Å². The van der Waals surface area contributed by atoms with Crippen LogP contribution in [0.3, 0.4) is 0 Å². The van der Waals surface area contributed by atoms with Crippen molar-refractivity contribution in [3.05, 3.63) is 0 Å². The van der Waals surface area contributed by atoms with Crippen molar-refractivity contribution in [2.75, 3.05) is 0 Å². The summed E-state index contributed by atoms with van der Waals surface area (Å²) in [5.41, 5.74) is 0. The molecule has 2 bridgehead atoms. The number of hydrogen-bond donors (Lipinski definition) is 0. The fourth-order valence-corrected chi connectivity index (χ4v) is 4.41. The number of Topliss-reactive ketones (excluding diaryl/α,β-unsaturated/α-hetero) is 1. The van der Waals surface area contributed by atoms with Crippen LogP contribution in [0.5, 0.6) is 0 Å². The molecule has 3 aliphatic rings. The van der Waals surface area contributed by atoms with Gasteiger partial charge in [-0.1, -0.05) is 6.42 Å². The molecular formula is C14H22O. The first-order valence-electron chi connectivity index (χ1n) is 6.83. The number of carbonyl (C=O) groups is 1. The zero-order valence-electron chi connectivity index (χ0n) is 9.58. The Balaban J connectivity index is 1.54. The highest BCUT2D eigenvalue weighted by Crippen LogP contribution is 2.51. The predicted molar refractivity (Wildman–Crippen MR) is 60.5 cm³/mol. The highest BCUT2D eigenvalue weighted by atomic mass is 16.1. The predicted octanol–water partition coefficient (Wildman–Crippen LogP) is 3.57. The molecule has 0 radical (unpaired) electrons. The van der Waals surface area contributed by atoms with Crippen molar-refractivity contribution >= 4 is 5.78 Å². The average molecular weight is 206 g/mol. The van der Waals surface area contributed by atoms with Crippen LogP contribution in [0, 0.1) is 23.7 Å². The van der Waals surface area contributed by atoms with E-state index in [0.29, 0.717) is 5.78 Å². The fraction of sp³-hybridized carbons (Fsp3) is 0.929. The van der Waals surface area contributed by atoms with Crippen LogP contribution in [-0.4, -0.2) is 5.78 Å². The summed E-state index contributed by atoms with van der Waals surface area (Å²) in [6.45, 7) is 0. The molecule has 3 saturated carbocycles. The third kappa shape index (κ3) is 1.98. The highest BCUT2D eigenvalue weighted by Gasteiger charge is 2.40. The van der Waals surface area contributed by atoms with Crippen molar-refractivity contribution in [1.82, 2.24) is 0 Å².